The molecule has 0 saturated heterocycles. The van der Waals surface area contributed by atoms with Crippen molar-refractivity contribution in [3.63, 3.8) is 0 Å². The van der Waals surface area contributed by atoms with E-state index in [0.717, 1.165) is 34.7 Å². The van der Waals surface area contributed by atoms with Crippen LogP contribution in [0.2, 0.25) is 5.02 Å². The molecule has 1 aliphatic rings. The first-order valence-corrected chi connectivity index (χ1v) is 11.7. The Morgan fingerprint density at radius 3 is 2.42 bits per heavy atom. The fourth-order valence-corrected chi connectivity index (χ4v) is 4.77. The fraction of sp³-hybridized carbons (Fsp3) is 0.143. The number of fused-ring (bicyclic) bond motifs is 1. The van der Waals surface area contributed by atoms with Crippen LogP contribution in [0.25, 0.3) is 11.0 Å². The summed E-state index contributed by atoms with van der Waals surface area (Å²) >= 11 is 6.13. The van der Waals surface area contributed by atoms with Gasteiger partial charge in [0.2, 0.25) is 5.78 Å². The Kier molecular flexibility index (Phi) is 6.19. The summed E-state index contributed by atoms with van der Waals surface area (Å²) < 4.78 is 50.5. The Balaban J connectivity index is 1.64. The summed E-state index contributed by atoms with van der Waals surface area (Å²) in [6.45, 7) is 1.81. The number of amides is 1. The van der Waals surface area contributed by atoms with Crippen LogP contribution in [0.15, 0.2) is 82.5 Å². The van der Waals surface area contributed by atoms with E-state index in [0.29, 0.717) is 16.0 Å². The predicted molar refractivity (Wildman–Crippen MR) is 135 cm³/mol. The van der Waals surface area contributed by atoms with Crippen molar-refractivity contribution in [2.24, 2.45) is 0 Å². The Labute approximate surface area is 219 Å². The van der Waals surface area contributed by atoms with Crippen LogP contribution in [0.4, 0.5) is 18.9 Å². The lowest BCUT2D eigenvalue weighted by atomic mass is 9.93. The Morgan fingerprint density at radius 1 is 1.08 bits per heavy atom. The zero-order chi connectivity index (χ0) is 27.4. The van der Waals surface area contributed by atoms with Gasteiger partial charge in [0.1, 0.15) is 0 Å². The third kappa shape index (κ3) is 4.28. The lowest BCUT2D eigenvalue weighted by molar-refractivity contribution is -0.137. The Morgan fingerprint density at radius 2 is 1.79 bits per heavy atom. The van der Waals surface area contributed by atoms with Gasteiger partial charge in [0.15, 0.2) is 22.9 Å². The van der Waals surface area contributed by atoms with E-state index in [-0.39, 0.29) is 28.4 Å². The highest BCUT2D eigenvalue weighted by Gasteiger charge is 2.45. The SMILES string of the molecule is COc1cc(Cl)cc2cc(C(=O)C3=C(O)C(=O)N(c4ccc(C(F)(F)F)cc4)C3c3cccc(C)c3)oc12. The number of hydrogen-bond acceptors (Lipinski definition) is 5. The van der Waals surface area contributed by atoms with Crippen molar-refractivity contribution in [2.75, 3.05) is 12.0 Å². The van der Waals surface area contributed by atoms with Gasteiger partial charge < -0.3 is 14.3 Å². The lowest BCUT2D eigenvalue weighted by Gasteiger charge is -2.27. The molecular weight excluding hydrogens is 523 g/mol. The van der Waals surface area contributed by atoms with Gasteiger partial charge in [-0.1, -0.05) is 41.4 Å². The molecule has 1 amide bonds. The summed E-state index contributed by atoms with van der Waals surface area (Å²) in [5, 5.41) is 11.7. The number of carbonyl (C=O) groups is 2. The van der Waals surface area contributed by atoms with Crippen molar-refractivity contribution in [1.82, 2.24) is 0 Å². The van der Waals surface area contributed by atoms with Gasteiger partial charge >= 0.3 is 6.18 Å². The Bertz CT molecular complexity index is 1620. The number of halogens is 4. The smallest absolute Gasteiger partial charge is 0.416 e. The molecule has 1 unspecified atom stereocenters. The van der Waals surface area contributed by atoms with Gasteiger partial charge in [0.05, 0.1) is 24.3 Å². The molecule has 0 radical (unpaired) electrons. The molecule has 0 spiro atoms. The van der Waals surface area contributed by atoms with Crippen LogP contribution in [0.3, 0.4) is 0 Å². The first-order chi connectivity index (χ1) is 18.0. The average Bonchev–Trinajstić information content (AvgIpc) is 3.41. The molecule has 1 N–H and O–H groups in total. The molecule has 0 bridgehead atoms. The number of furan rings is 1. The number of ether oxygens (including phenoxy) is 1. The maximum atomic E-state index is 13.8. The lowest BCUT2D eigenvalue weighted by Crippen LogP contribution is -2.31. The molecule has 1 atom stereocenters. The largest absolute Gasteiger partial charge is 0.503 e. The molecular formula is C28H19ClF3NO5. The number of Topliss-reactive ketones (excluding diaryl/α,β-unsaturated/α-hetero) is 1. The van der Waals surface area contributed by atoms with Crippen LogP contribution in [0.1, 0.15) is 33.3 Å². The number of benzene rings is 3. The van der Waals surface area contributed by atoms with E-state index in [1.165, 1.54) is 19.2 Å². The van der Waals surface area contributed by atoms with Gasteiger partial charge in [0.25, 0.3) is 5.91 Å². The second-order valence-electron chi connectivity index (χ2n) is 8.76. The van der Waals surface area contributed by atoms with Crippen LogP contribution >= 0.6 is 11.6 Å². The van der Waals surface area contributed by atoms with E-state index in [1.54, 1.807) is 24.3 Å². The van der Waals surface area contributed by atoms with Gasteiger partial charge in [-0.15, -0.1) is 0 Å². The van der Waals surface area contributed by atoms with E-state index in [4.69, 9.17) is 20.8 Å². The fourth-order valence-electron chi connectivity index (χ4n) is 4.55. The van der Waals surface area contributed by atoms with Gasteiger partial charge in [-0.25, -0.2) is 0 Å². The molecule has 10 heteroatoms. The van der Waals surface area contributed by atoms with Crippen LogP contribution in [0.5, 0.6) is 5.75 Å². The van der Waals surface area contributed by atoms with Gasteiger partial charge in [-0.3, -0.25) is 14.5 Å². The molecule has 1 aromatic heterocycles. The van der Waals surface area contributed by atoms with Crippen molar-refractivity contribution in [1.29, 1.82) is 0 Å². The summed E-state index contributed by atoms with van der Waals surface area (Å²) in [6, 6.07) is 14.2. The maximum absolute atomic E-state index is 13.8. The van der Waals surface area contributed by atoms with Gasteiger partial charge in [-0.2, -0.15) is 13.2 Å². The van der Waals surface area contributed by atoms with E-state index in [1.807, 2.05) is 13.0 Å². The molecule has 0 aliphatic carbocycles. The number of aryl methyl sites for hydroxylation is 1. The third-order valence-corrected chi connectivity index (χ3v) is 6.49. The minimum atomic E-state index is -4.57. The molecule has 6 nitrogen and oxygen atoms in total. The highest BCUT2D eigenvalue weighted by molar-refractivity contribution is 6.31. The van der Waals surface area contributed by atoms with Crippen molar-refractivity contribution in [3.8, 4) is 5.75 Å². The predicted octanol–water partition coefficient (Wildman–Crippen LogP) is 7.20. The van der Waals surface area contributed by atoms with E-state index < -0.39 is 35.2 Å². The average molecular weight is 542 g/mol. The van der Waals surface area contributed by atoms with Crippen LogP contribution < -0.4 is 9.64 Å². The van der Waals surface area contributed by atoms with Crippen LogP contribution in [0, 0.1) is 6.92 Å². The molecule has 4 aromatic rings. The van der Waals surface area contributed by atoms with Gasteiger partial charge in [0, 0.05) is 22.2 Å². The summed E-state index contributed by atoms with van der Waals surface area (Å²) in [6.07, 6.45) is -4.57. The molecule has 3 aromatic carbocycles. The molecule has 194 valence electrons. The molecule has 0 saturated carbocycles. The number of aliphatic hydroxyl groups is 1. The molecule has 2 heterocycles. The number of hydrogen-bond donors (Lipinski definition) is 1. The topological polar surface area (TPSA) is 80.0 Å². The van der Waals surface area contributed by atoms with Crippen molar-refractivity contribution in [2.45, 2.75) is 19.1 Å². The van der Waals surface area contributed by atoms with E-state index >= 15 is 0 Å². The number of rotatable bonds is 5. The first-order valence-electron chi connectivity index (χ1n) is 11.3. The number of methoxy groups -OCH3 is 1. The van der Waals surface area contributed by atoms with Crippen LogP contribution in [-0.2, 0) is 11.0 Å². The second kappa shape index (κ2) is 9.25. The van der Waals surface area contributed by atoms with Crippen LogP contribution in [-0.4, -0.2) is 23.9 Å². The van der Waals surface area contributed by atoms with Crippen molar-refractivity contribution >= 4 is 39.9 Å². The number of aliphatic hydroxyl groups excluding tert-OH is 1. The quantitative estimate of drug-likeness (QED) is 0.270. The summed E-state index contributed by atoms with van der Waals surface area (Å²) in [4.78, 5) is 28.2. The minimum Gasteiger partial charge on any atom is -0.503 e. The van der Waals surface area contributed by atoms with E-state index in [9.17, 15) is 27.9 Å². The molecule has 1 aliphatic heterocycles. The second-order valence-corrected chi connectivity index (χ2v) is 9.20. The number of ketones is 1. The summed E-state index contributed by atoms with van der Waals surface area (Å²) in [5.74, 6) is -2.43. The van der Waals surface area contributed by atoms with E-state index in [2.05, 4.69) is 0 Å². The zero-order valence-electron chi connectivity index (χ0n) is 20.0. The highest BCUT2D eigenvalue weighted by Crippen LogP contribution is 2.44. The summed E-state index contributed by atoms with van der Waals surface area (Å²) in [5.41, 5.74) is 0.428. The standard InChI is InChI=1S/C28H19ClF3NO5/c1-14-4-3-5-15(10-14)23-22(24(34)20-12-16-11-18(29)13-21(37-2)26(16)38-20)25(35)27(36)33(23)19-8-6-17(7-9-19)28(30,31)32/h3-13,23,35H,1-2H3. The number of alkyl halides is 3. The zero-order valence-corrected chi connectivity index (χ0v) is 20.7. The number of anilines is 1. The third-order valence-electron chi connectivity index (χ3n) is 6.27. The minimum absolute atomic E-state index is 0.0712. The normalized spacial score (nSPS) is 16.0. The number of nitrogens with zero attached hydrogens (tertiary/aromatic N) is 1. The molecule has 5 rings (SSSR count). The molecule has 38 heavy (non-hydrogen) atoms. The van der Waals surface area contributed by atoms with Crippen molar-refractivity contribution in [3.05, 3.63) is 106 Å². The maximum Gasteiger partial charge on any atom is 0.416 e. The first kappa shape index (κ1) is 25.4. The summed E-state index contributed by atoms with van der Waals surface area (Å²) in [7, 11) is 1.41. The van der Waals surface area contributed by atoms with Gasteiger partial charge in [-0.05, 0) is 48.9 Å². The monoisotopic (exact) mass is 541 g/mol. The molecule has 0 fully saturated rings. The van der Waals surface area contributed by atoms with Crippen molar-refractivity contribution < 1.29 is 37.0 Å². The number of carbonyl (C=O) groups excluding carboxylic acids is 2. The Hall–Kier alpha value is -4.24. The highest BCUT2D eigenvalue weighted by atomic mass is 35.5.